The minimum Gasteiger partial charge on any atom is -0.324 e. The lowest BCUT2D eigenvalue weighted by Gasteiger charge is -2.08. The molecule has 0 fully saturated rings. The maximum Gasteiger partial charge on any atom is 0.255 e. The molecule has 3 rings (SSSR count). The Labute approximate surface area is 136 Å². The molecule has 21 heavy (non-hydrogen) atoms. The zero-order chi connectivity index (χ0) is 14.7. The van der Waals surface area contributed by atoms with Gasteiger partial charge in [-0.2, -0.15) is 0 Å². The molecule has 3 aromatic rings. The van der Waals surface area contributed by atoms with Crippen molar-refractivity contribution in [2.45, 2.75) is 0 Å². The van der Waals surface area contributed by atoms with Gasteiger partial charge in [0.05, 0.1) is 0 Å². The SMILES string of the molecule is O=C(Nc1ccc(I)cc1)c1cccc(-n2cccc2)c1. The van der Waals surface area contributed by atoms with Gasteiger partial charge in [0.25, 0.3) is 5.91 Å². The minimum atomic E-state index is -0.106. The van der Waals surface area contributed by atoms with Crippen LogP contribution >= 0.6 is 22.6 Å². The number of aromatic nitrogens is 1. The second-order valence-corrected chi connectivity index (χ2v) is 5.85. The fraction of sp³-hybridized carbons (Fsp3) is 0. The quantitative estimate of drug-likeness (QED) is 0.666. The van der Waals surface area contributed by atoms with Gasteiger partial charge in [-0.3, -0.25) is 4.79 Å². The number of halogens is 1. The Morgan fingerprint density at radius 2 is 1.67 bits per heavy atom. The topological polar surface area (TPSA) is 34.0 Å². The second kappa shape index (κ2) is 6.13. The number of nitrogens with one attached hydrogen (secondary N) is 1. The number of carbonyl (C=O) groups is 1. The number of rotatable bonds is 3. The van der Waals surface area contributed by atoms with Crippen LogP contribution in [-0.4, -0.2) is 10.5 Å². The molecule has 4 heteroatoms. The molecule has 0 aliphatic heterocycles. The number of benzene rings is 2. The monoisotopic (exact) mass is 388 g/mol. The maximum absolute atomic E-state index is 12.3. The van der Waals surface area contributed by atoms with E-state index in [1.807, 2.05) is 77.6 Å². The summed E-state index contributed by atoms with van der Waals surface area (Å²) in [7, 11) is 0. The van der Waals surface area contributed by atoms with Crippen LogP contribution in [0.1, 0.15) is 10.4 Å². The van der Waals surface area contributed by atoms with Crippen molar-refractivity contribution in [3.8, 4) is 5.69 Å². The Balaban J connectivity index is 1.81. The average molecular weight is 388 g/mol. The van der Waals surface area contributed by atoms with Crippen molar-refractivity contribution < 1.29 is 4.79 Å². The van der Waals surface area contributed by atoms with Crippen molar-refractivity contribution in [1.82, 2.24) is 4.57 Å². The van der Waals surface area contributed by atoms with Crippen molar-refractivity contribution in [1.29, 1.82) is 0 Å². The van der Waals surface area contributed by atoms with E-state index in [0.29, 0.717) is 5.56 Å². The summed E-state index contributed by atoms with van der Waals surface area (Å²) < 4.78 is 3.11. The van der Waals surface area contributed by atoms with Crippen molar-refractivity contribution in [2.75, 3.05) is 5.32 Å². The van der Waals surface area contributed by atoms with Crippen LogP contribution in [0.15, 0.2) is 73.1 Å². The molecule has 0 saturated heterocycles. The van der Waals surface area contributed by atoms with Crippen LogP contribution in [0.5, 0.6) is 0 Å². The van der Waals surface area contributed by atoms with Crippen molar-refractivity contribution in [2.24, 2.45) is 0 Å². The van der Waals surface area contributed by atoms with E-state index < -0.39 is 0 Å². The van der Waals surface area contributed by atoms with E-state index in [9.17, 15) is 4.79 Å². The number of nitrogens with zero attached hydrogens (tertiary/aromatic N) is 1. The van der Waals surface area contributed by atoms with E-state index in [4.69, 9.17) is 0 Å². The molecule has 1 heterocycles. The lowest BCUT2D eigenvalue weighted by molar-refractivity contribution is 0.102. The third-order valence-electron chi connectivity index (χ3n) is 3.11. The van der Waals surface area contributed by atoms with E-state index in [1.165, 1.54) is 0 Å². The molecule has 1 N–H and O–H groups in total. The normalized spacial score (nSPS) is 10.3. The van der Waals surface area contributed by atoms with Crippen LogP contribution in [-0.2, 0) is 0 Å². The summed E-state index contributed by atoms with van der Waals surface area (Å²) in [4.78, 5) is 12.3. The number of hydrogen-bond acceptors (Lipinski definition) is 1. The Hall–Kier alpha value is -2.08. The first-order valence-electron chi connectivity index (χ1n) is 6.53. The van der Waals surface area contributed by atoms with Crippen LogP contribution in [0, 0.1) is 3.57 Å². The van der Waals surface area contributed by atoms with Crippen molar-refractivity contribution in [3.05, 3.63) is 82.2 Å². The first kappa shape index (κ1) is 13.9. The van der Waals surface area contributed by atoms with Crippen LogP contribution in [0.25, 0.3) is 5.69 Å². The van der Waals surface area contributed by atoms with Crippen LogP contribution in [0.3, 0.4) is 0 Å². The molecule has 0 aliphatic carbocycles. The Kier molecular flexibility index (Phi) is 4.06. The van der Waals surface area contributed by atoms with Gasteiger partial charge in [-0.05, 0) is 77.2 Å². The summed E-state index contributed by atoms with van der Waals surface area (Å²) in [5.41, 5.74) is 2.40. The molecule has 0 atom stereocenters. The number of anilines is 1. The van der Waals surface area contributed by atoms with E-state index in [-0.39, 0.29) is 5.91 Å². The molecule has 1 aromatic heterocycles. The highest BCUT2D eigenvalue weighted by atomic mass is 127. The summed E-state index contributed by atoms with van der Waals surface area (Å²) in [6.07, 6.45) is 3.91. The lowest BCUT2D eigenvalue weighted by atomic mass is 10.2. The summed E-state index contributed by atoms with van der Waals surface area (Å²) in [6.45, 7) is 0. The predicted molar refractivity (Wildman–Crippen MR) is 92.9 cm³/mol. The zero-order valence-corrected chi connectivity index (χ0v) is 13.3. The van der Waals surface area contributed by atoms with Crippen LogP contribution in [0.2, 0.25) is 0 Å². The summed E-state index contributed by atoms with van der Waals surface area (Å²) in [6, 6.07) is 19.2. The van der Waals surface area contributed by atoms with Crippen molar-refractivity contribution in [3.63, 3.8) is 0 Å². The van der Waals surface area contributed by atoms with E-state index in [0.717, 1.165) is 14.9 Å². The van der Waals surface area contributed by atoms with Gasteiger partial charge in [0.1, 0.15) is 0 Å². The molecule has 0 spiro atoms. The molecular formula is C17H13IN2O. The van der Waals surface area contributed by atoms with Gasteiger partial charge in [-0.25, -0.2) is 0 Å². The standard InChI is InChI=1S/C17H13IN2O/c18-14-6-8-15(9-7-14)19-17(21)13-4-3-5-16(12-13)20-10-1-2-11-20/h1-12H,(H,19,21). The molecule has 3 nitrogen and oxygen atoms in total. The van der Waals surface area contributed by atoms with Crippen LogP contribution < -0.4 is 5.32 Å². The highest BCUT2D eigenvalue weighted by Crippen LogP contribution is 2.15. The molecule has 0 unspecified atom stereocenters. The number of hydrogen-bond donors (Lipinski definition) is 1. The van der Waals surface area contributed by atoms with E-state index in [1.54, 1.807) is 0 Å². The highest BCUT2D eigenvalue weighted by molar-refractivity contribution is 14.1. The Morgan fingerprint density at radius 1 is 0.952 bits per heavy atom. The molecular weight excluding hydrogens is 375 g/mol. The van der Waals surface area contributed by atoms with Crippen molar-refractivity contribution >= 4 is 34.2 Å². The Morgan fingerprint density at radius 3 is 2.38 bits per heavy atom. The van der Waals surface area contributed by atoms with Gasteiger partial charge in [-0.1, -0.05) is 6.07 Å². The lowest BCUT2D eigenvalue weighted by Crippen LogP contribution is -2.12. The van der Waals surface area contributed by atoms with Gasteiger partial charge in [0.2, 0.25) is 0 Å². The third kappa shape index (κ3) is 3.33. The summed E-state index contributed by atoms with van der Waals surface area (Å²) >= 11 is 2.24. The molecule has 0 bridgehead atoms. The summed E-state index contributed by atoms with van der Waals surface area (Å²) in [5, 5.41) is 2.91. The van der Waals surface area contributed by atoms with Gasteiger partial charge in [-0.15, -0.1) is 0 Å². The number of carbonyl (C=O) groups excluding carboxylic acids is 1. The zero-order valence-electron chi connectivity index (χ0n) is 11.2. The predicted octanol–water partition coefficient (Wildman–Crippen LogP) is 4.33. The highest BCUT2D eigenvalue weighted by Gasteiger charge is 2.07. The van der Waals surface area contributed by atoms with Gasteiger partial charge >= 0.3 is 0 Å². The second-order valence-electron chi connectivity index (χ2n) is 4.60. The largest absolute Gasteiger partial charge is 0.324 e. The molecule has 0 saturated carbocycles. The maximum atomic E-state index is 12.3. The minimum absolute atomic E-state index is 0.106. The van der Waals surface area contributed by atoms with Gasteiger partial charge in [0, 0.05) is 32.9 Å². The average Bonchev–Trinajstić information content (AvgIpc) is 3.04. The number of amides is 1. The third-order valence-corrected chi connectivity index (χ3v) is 3.83. The fourth-order valence-corrected chi connectivity index (χ4v) is 2.41. The Bertz CT molecular complexity index is 749. The first-order chi connectivity index (χ1) is 10.2. The van der Waals surface area contributed by atoms with Crippen LogP contribution in [0.4, 0.5) is 5.69 Å². The molecule has 1 amide bonds. The van der Waals surface area contributed by atoms with E-state index in [2.05, 4.69) is 27.9 Å². The molecule has 104 valence electrons. The van der Waals surface area contributed by atoms with E-state index >= 15 is 0 Å². The molecule has 0 aliphatic rings. The van der Waals surface area contributed by atoms with Gasteiger partial charge in [0.15, 0.2) is 0 Å². The summed E-state index contributed by atoms with van der Waals surface area (Å²) in [5.74, 6) is -0.106. The van der Waals surface area contributed by atoms with Gasteiger partial charge < -0.3 is 9.88 Å². The molecule has 0 radical (unpaired) electrons. The fourth-order valence-electron chi connectivity index (χ4n) is 2.05. The smallest absolute Gasteiger partial charge is 0.255 e. The molecule has 2 aromatic carbocycles. The first-order valence-corrected chi connectivity index (χ1v) is 7.60.